The predicted octanol–water partition coefficient (Wildman–Crippen LogP) is 4.30. The van der Waals surface area contributed by atoms with Crippen molar-refractivity contribution >= 4 is 46.6 Å². The first-order valence-electron chi connectivity index (χ1n) is 9.44. The Kier molecular flexibility index (Phi) is 5.97. The second-order valence-electron chi connectivity index (χ2n) is 6.84. The Labute approximate surface area is 179 Å². The number of nitrogens with zero attached hydrogens (tertiary/aromatic N) is 1. The Morgan fingerprint density at radius 1 is 1.00 bits per heavy atom. The first-order valence-corrected chi connectivity index (χ1v) is 11.0. The summed E-state index contributed by atoms with van der Waals surface area (Å²) in [5.74, 6) is 2.93. The number of para-hydroxylation sites is 1. The maximum Gasteiger partial charge on any atom is 0.269 e. The molecule has 2 saturated heterocycles. The molecule has 2 aromatic rings. The van der Waals surface area contributed by atoms with Crippen LogP contribution in [0.25, 0.3) is 0 Å². The molecule has 1 N–H and O–H groups in total. The van der Waals surface area contributed by atoms with Gasteiger partial charge < -0.3 is 4.74 Å². The minimum atomic E-state index is -0.418. The second-order valence-corrected chi connectivity index (χ2v) is 8.45. The molecule has 0 bridgehead atoms. The number of amides is 2. The van der Waals surface area contributed by atoms with E-state index in [0.29, 0.717) is 11.4 Å². The van der Waals surface area contributed by atoms with Gasteiger partial charge in [0.05, 0.1) is 5.69 Å². The van der Waals surface area contributed by atoms with E-state index in [1.165, 1.54) is 4.90 Å². The van der Waals surface area contributed by atoms with E-state index in [0.717, 1.165) is 30.1 Å². The summed E-state index contributed by atoms with van der Waals surface area (Å²) < 4.78 is 5.79. The number of benzene rings is 2. The maximum absolute atomic E-state index is 13.1. The normalized spacial score (nSPS) is 19.4. The third-order valence-electron chi connectivity index (χ3n) is 4.84. The first kappa shape index (κ1) is 19.7. The highest BCUT2D eigenvalue weighted by atomic mass is 32.2. The van der Waals surface area contributed by atoms with Crippen molar-refractivity contribution in [2.24, 2.45) is 5.92 Å². The summed E-state index contributed by atoms with van der Waals surface area (Å²) in [4.78, 5) is 26.8. The number of thioether (sulfide) groups is 1. The summed E-state index contributed by atoms with van der Waals surface area (Å²) in [6.45, 7) is 0. The predicted molar refractivity (Wildman–Crippen MR) is 119 cm³/mol. The summed E-state index contributed by atoms with van der Waals surface area (Å²) in [7, 11) is 0. The highest BCUT2D eigenvalue weighted by Crippen LogP contribution is 2.29. The lowest BCUT2D eigenvalue weighted by molar-refractivity contribution is -0.122. The number of allylic oxidation sites excluding steroid dienone is 1. The van der Waals surface area contributed by atoms with Gasteiger partial charge in [-0.1, -0.05) is 24.3 Å². The van der Waals surface area contributed by atoms with E-state index < -0.39 is 5.91 Å². The summed E-state index contributed by atoms with van der Waals surface area (Å²) >= 11 is 7.17. The molecule has 0 saturated carbocycles. The van der Waals surface area contributed by atoms with Crippen LogP contribution < -0.4 is 15.0 Å². The van der Waals surface area contributed by atoms with Crippen LogP contribution in [0.4, 0.5) is 5.69 Å². The fourth-order valence-electron chi connectivity index (χ4n) is 3.32. The fourth-order valence-corrected chi connectivity index (χ4v) is 4.74. The zero-order chi connectivity index (χ0) is 20.2. The lowest BCUT2D eigenvalue weighted by Crippen LogP contribution is -2.54. The zero-order valence-corrected chi connectivity index (χ0v) is 17.3. The van der Waals surface area contributed by atoms with Gasteiger partial charge >= 0.3 is 0 Å². The summed E-state index contributed by atoms with van der Waals surface area (Å²) in [6.07, 6.45) is 3.77. The molecule has 0 spiro atoms. The molecule has 2 fully saturated rings. The average molecular weight is 425 g/mol. The topological polar surface area (TPSA) is 58.6 Å². The van der Waals surface area contributed by atoms with E-state index >= 15 is 0 Å². The highest BCUT2D eigenvalue weighted by molar-refractivity contribution is 7.99. The lowest BCUT2D eigenvalue weighted by Gasteiger charge is -2.30. The molecule has 5 nitrogen and oxygen atoms in total. The Bertz CT molecular complexity index is 952. The van der Waals surface area contributed by atoms with Crippen LogP contribution in [0.5, 0.6) is 11.5 Å². The smallest absolute Gasteiger partial charge is 0.269 e. The van der Waals surface area contributed by atoms with Gasteiger partial charge in [0.1, 0.15) is 17.1 Å². The van der Waals surface area contributed by atoms with Crippen molar-refractivity contribution in [2.45, 2.75) is 12.8 Å². The average Bonchev–Trinajstić information content (AvgIpc) is 2.74. The molecular weight excluding hydrogens is 404 g/mol. The van der Waals surface area contributed by atoms with E-state index in [9.17, 15) is 9.59 Å². The standard InChI is InChI=1S/C22H20N2O3S2/c25-20-19(14-15-10-12-29-13-11-15)21(26)24(22(28)23-20)16-6-8-18(9-7-16)27-17-4-2-1-3-5-17/h1-9,14-15H,10-13H2,(H,23,25,28)/b19-14+. The number of carbonyl (C=O) groups excluding carboxylic acids is 2. The Morgan fingerprint density at radius 3 is 2.34 bits per heavy atom. The van der Waals surface area contributed by atoms with Crippen LogP contribution in [-0.4, -0.2) is 28.4 Å². The van der Waals surface area contributed by atoms with Crippen LogP contribution in [0.15, 0.2) is 66.2 Å². The van der Waals surface area contributed by atoms with Crippen molar-refractivity contribution in [3.63, 3.8) is 0 Å². The van der Waals surface area contributed by atoms with Crippen molar-refractivity contribution in [3.05, 3.63) is 66.2 Å². The quantitative estimate of drug-likeness (QED) is 0.451. The molecule has 0 aliphatic carbocycles. The number of ether oxygens (including phenoxy) is 1. The molecule has 2 aliphatic heterocycles. The summed E-state index contributed by atoms with van der Waals surface area (Å²) in [6, 6.07) is 16.5. The van der Waals surface area contributed by atoms with E-state index in [2.05, 4.69) is 5.32 Å². The van der Waals surface area contributed by atoms with Gasteiger partial charge in [-0.25, -0.2) is 0 Å². The molecule has 2 aromatic carbocycles. The van der Waals surface area contributed by atoms with Gasteiger partial charge in [0, 0.05) is 0 Å². The molecule has 7 heteroatoms. The van der Waals surface area contributed by atoms with Crippen LogP contribution in [0, 0.1) is 5.92 Å². The molecule has 4 rings (SSSR count). The SMILES string of the molecule is O=C1NC(=S)N(c2ccc(Oc3ccccc3)cc2)C(=O)/C1=C/C1CCSCC1. The van der Waals surface area contributed by atoms with Gasteiger partial charge in [0.25, 0.3) is 11.8 Å². The van der Waals surface area contributed by atoms with Crippen LogP contribution >= 0.6 is 24.0 Å². The largest absolute Gasteiger partial charge is 0.457 e. The van der Waals surface area contributed by atoms with Crippen molar-refractivity contribution < 1.29 is 14.3 Å². The zero-order valence-electron chi connectivity index (χ0n) is 15.7. The van der Waals surface area contributed by atoms with Crippen molar-refractivity contribution in [3.8, 4) is 11.5 Å². The van der Waals surface area contributed by atoms with Gasteiger partial charge in [-0.15, -0.1) is 0 Å². The lowest BCUT2D eigenvalue weighted by atomic mass is 9.97. The molecule has 0 aromatic heterocycles. The number of hydrogen-bond acceptors (Lipinski definition) is 5. The van der Waals surface area contributed by atoms with Crippen LogP contribution in [0.3, 0.4) is 0 Å². The van der Waals surface area contributed by atoms with Gasteiger partial charge in [-0.2, -0.15) is 11.8 Å². The van der Waals surface area contributed by atoms with Crippen molar-refractivity contribution in [1.82, 2.24) is 5.32 Å². The van der Waals surface area contributed by atoms with E-state index in [-0.39, 0.29) is 22.5 Å². The molecule has 0 atom stereocenters. The molecule has 148 valence electrons. The second kappa shape index (κ2) is 8.80. The van der Waals surface area contributed by atoms with Gasteiger partial charge in [0.2, 0.25) is 0 Å². The monoisotopic (exact) mass is 424 g/mol. The van der Waals surface area contributed by atoms with E-state index in [1.807, 2.05) is 48.2 Å². The highest BCUT2D eigenvalue weighted by Gasteiger charge is 2.35. The molecule has 0 unspecified atom stereocenters. The number of hydrogen-bond donors (Lipinski definition) is 1. The van der Waals surface area contributed by atoms with E-state index in [1.54, 1.807) is 24.3 Å². The molecular formula is C22H20N2O3S2. The molecule has 2 aliphatic rings. The van der Waals surface area contributed by atoms with Gasteiger partial charge in [-0.05, 0) is 78.9 Å². The minimum Gasteiger partial charge on any atom is -0.457 e. The third kappa shape index (κ3) is 4.52. The van der Waals surface area contributed by atoms with Crippen LogP contribution in [-0.2, 0) is 9.59 Å². The van der Waals surface area contributed by atoms with Gasteiger partial charge in [-0.3, -0.25) is 19.8 Å². The maximum atomic E-state index is 13.1. The fraction of sp³-hybridized carbons (Fsp3) is 0.227. The number of carbonyl (C=O) groups is 2. The van der Waals surface area contributed by atoms with Gasteiger partial charge in [0.15, 0.2) is 5.11 Å². The van der Waals surface area contributed by atoms with Crippen molar-refractivity contribution in [1.29, 1.82) is 0 Å². The number of nitrogens with one attached hydrogen (secondary N) is 1. The number of rotatable bonds is 4. The van der Waals surface area contributed by atoms with E-state index in [4.69, 9.17) is 17.0 Å². The molecule has 2 amide bonds. The molecule has 29 heavy (non-hydrogen) atoms. The number of anilines is 1. The third-order valence-corrected chi connectivity index (χ3v) is 6.18. The Balaban J connectivity index is 1.54. The molecule has 0 radical (unpaired) electrons. The first-order chi connectivity index (χ1) is 14.1. The van der Waals surface area contributed by atoms with Crippen LogP contribution in [0.2, 0.25) is 0 Å². The Morgan fingerprint density at radius 2 is 1.66 bits per heavy atom. The minimum absolute atomic E-state index is 0.0908. The summed E-state index contributed by atoms with van der Waals surface area (Å²) in [5.41, 5.74) is 0.755. The molecule has 2 heterocycles. The summed E-state index contributed by atoms with van der Waals surface area (Å²) in [5, 5.41) is 2.74. The van der Waals surface area contributed by atoms with Crippen molar-refractivity contribution in [2.75, 3.05) is 16.4 Å². The number of thiocarbonyl (C=S) groups is 1. The Hall–Kier alpha value is -2.64. The van der Waals surface area contributed by atoms with Crippen LogP contribution in [0.1, 0.15) is 12.8 Å².